The highest BCUT2D eigenvalue weighted by atomic mass is 32.2. The first-order chi connectivity index (χ1) is 9.74. The van der Waals surface area contributed by atoms with Gasteiger partial charge in [-0.05, 0) is 56.5 Å². The first kappa shape index (κ1) is 14.4. The van der Waals surface area contributed by atoms with Crippen LogP contribution in [0.5, 0.6) is 0 Å². The molecule has 3 heterocycles. The van der Waals surface area contributed by atoms with Crippen LogP contribution in [-0.2, 0) is 4.74 Å². The molecule has 1 aromatic rings. The van der Waals surface area contributed by atoms with Crippen molar-refractivity contribution in [3.05, 3.63) is 29.6 Å². The molecule has 2 fully saturated rings. The van der Waals surface area contributed by atoms with Gasteiger partial charge in [-0.15, -0.1) is 0 Å². The van der Waals surface area contributed by atoms with Crippen LogP contribution in [0.4, 0.5) is 0 Å². The van der Waals surface area contributed by atoms with Gasteiger partial charge in [-0.3, -0.25) is 4.98 Å². The van der Waals surface area contributed by atoms with Gasteiger partial charge in [-0.2, -0.15) is 11.8 Å². The van der Waals surface area contributed by atoms with Gasteiger partial charge in [0.15, 0.2) is 0 Å². The summed E-state index contributed by atoms with van der Waals surface area (Å²) in [6.45, 7) is 3.06. The Morgan fingerprint density at radius 3 is 3.15 bits per heavy atom. The van der Waals surface area contributed by atoms with Gasteiger partial charge in [-0.25, -0.2) is 0 Å². The van der Waals surface area contributed by atoms with Crippen molar-refractivity contribution >= 4 is 11.8 Å². The summed E-state index contributed by atoms with van der Waals surface area (Å²) >= 11 is 2.04. The topological polar surface area (TPSA) is 34.2 Å². The summed E-state index contributed by atoms with van der Waals surface area (Å²) in [6.07, 6.45) is 5.43. The van der Waals surface area contributed by atoms with Crippen LogP contribution in [-0.4, -0.2) is 35.7 Å². The number of nitrogens with one attached hydrogen (secondary N) is 1. The minimum Gasteiger partial charge on any atom is -0.374 e. The minimum atomic E-state index is 0.144. The van der Waals surface area contributed by atoms with Gasteiger partial charge in [-0.1, -0.05) is 6.07 Å². The third-order valence-electron chi connectivity index (χ3n) is 4.73. The van der Waals surface area contributed by atoms with E-state index in [1.165, 1.54) is 35.6 Å². The number of aromatic nitrogens is 1. The Hall–Kier alpha value is -0.580. The van der Waals surface area contributed by atoms with Gasteiger partial charge >= 0.3 is 0 Å². The van der Waals surface area contributed by atoms with Crippen molar-refractivity contribution in [1.29, 1.82) is 0 Å². The highest BCUT2D eigenvalue weighted by Crippen LogP contribution is 2.43. The van der Waals surface area contributed by atoms with Gasteiger partial charge in [0.05, 0.1) is 17.3 Å². The molecule has 0 bridgehead atoms. The minimum absolute atomic E-state index is 0.144. The Bertz CT molecular complexity index is 460. The molecule has 4 heteroatoms. The molecule has 2 saturated heterocycles. The van der Waals surface area contributed by atoms with Gasteiger partial charge in [0, 0.05) is 18.6 Å². The standard InChI is InChI=1S/C16H24N2OS/c1-12-4-3-7-18-14(12)15(17-2)13-5-8-19-16(10-13)6-9-20-11-16/h3-4,7,13,15,17H,5-6,8-11H2,1-2H3. The molecule has 3 atom stereocenters. The van der Waals surface area contributed by atoms with Crippen LogP contribution in [0.15, 0.2) is 18.3 Å². The zero-order valence-electron chi connectivity index (χ0n) is 12.4. The Kier molecular flexibility index (Phi) is 4.34. The van der Waals surface area contributed by atoms with Crippen LogP contribution in [0.25, 0.3) is 0 Å². The van der Waals surface area contributed by atoms with E-state index in [0.717, 1.165) is 13.0 Å². The number of thioether (sulfide) groups is 1. The van der Waals surface area contributed by atoms with E-state index in [2.05, 4.69) is 30.3 Å². The summed E-state index contributed by atoms with van der Waals surface area (Å²) in [5, 5.41) is 3.51. The van der Waals surface area contributed by atoms with Crippen LogP contribution < -0.4 is 5.32 Å². The van der Waals surface area contributed by atoms with E-state index < -0.39 is 0 Å². The zero-order chi connectivity index (χ0) is 14.0. The van der Waals surface area contributed by atoms with E-state index >= 15 is 0 Å². The second kappa shape index (κ2) is 6.04. The van der Waals surface area contributed by atoms with Gasteiger partial charge in [0.25, 0.3) is 0 Å². The third-order valence-corrected chi connectivity index (χ3v) is 5.95. The second-order valence-electron chi connectivity index (χ2n) is 6.06. The molecule has 20 heavy (non-hydrogen) atoms. The Balaban J connectivity index is 1.81. The number of ether oxygens (including phenoxy) is 1. The van der Waals surface area contributed by atoms with Crippen LogP contribution in [0.3, 0.4) is 0 Å². The predicted octanol–water partition coefficient (Wildman–Crippen LogP) is 2.95. The summed E-state index contributed by atoms with van der Waals surface area (Å²) in [5.74, 6) is 3.04. The molecule has 3 unspecified atom stereocenters. The fraction of sp³-hybridized carbons (Fsp3) is 0.688. The number of hydrogen-bond donors (Lipinski definition) is 1. The lowest BCUT2D eigenvalue weighted by Crippen LogP contribution is -2.43. The molecule has 0 aliphatic carbocycles. The van der Waals surface area contributed by atoms with E-state index in [1.807, 2.05) is 24.0 Å². The molecule has 0 saturated carbocycles. The lowest BCUT2D eigenvalue weighted by Gasteiger charge is -2.41. The maximum absolute atomic E-state index is 6.15. The van der Waals surface area contributed by atoms with Crippen molar-refractivity contribution in [3.63, 3.8) is 0 Å². The van der Waals surface area contributed by atoms with Crippen LogP contribution in [0.1, 0.15) is 36.6 Å². The van der Waals surface area contributed by atoms with Crippen LogP contribution in [0.2, 0.25) is 0 Å². The van der Waals surface area contributed by atoms with Crippen molar-refractivity contribution in [1.82, 2.24) is 10.3 Å². The molecule has 3 nitrogen and oxygen atoms in total. The molecule has 0 radical (unpaired) electrons. The fourth-order valence-electron chi connectivity index (χ4n) is 3.63. The zero-order valence-corrected chi connectivity index (χ0v) is 13.2. The van der Waals surface area contributed by atoms with Crippen LogP contribution >= 0.6 is 11.8 Å². The fourth-order valence-corrected chi connectivity index (χ4v) is 5.01. The molecule has 1 spiro atoms. The molecule has 2 aliphatic heterocycles. The average Bonchev–Trinajstić information content (AvgIpc) is 2.90. The van der Waals surface area contributed by atoms with Gasteiger partial charge in [0.1, 0.15) is 0 Å². The Morgan fingerprint density at radius 1 is 1.55 bits per heavy atom. The molecule has 110 valence electrons. The van der Waals surface area contributed by atoms with Crippen molar-refractivity contribution in [2.24, 2.45) is 5.92 Å². The van der Waals surface area contributed by atoms with Gasteiger partial charge in [0.2, 0.25) is 0 Å². The normalized spacial score (nSPS) is 31.6. The summed E-state index contributed by atoms with van der Waals surface area (Å²) in [5.41, 5.74) is 2.64. The monoisotopic (exact) mass is 292 g/mol. The summed E-state index contributed by atoms with van der Waals surface area (Å²) in [7, 11) is 2.06. The van der Waals surface area contributed by atoms with Crippen LogP contribution in [0, 0.1) is 12.8 Å². The average molecular weight is 292 g/mol. The molecule has 0 amide bonds. The summed E-state index contributed by atoms with van der Waals surface area (Å²) in [4.78, 5) is 4.63. The lowest BCUT2D eigenvalue weighted by molar-refractivity contribution is -0.0853. The summed E-state index contributed by atoms with van der Waals surface area (Å²) in [6, 6.07) is 4.53. The molecule has 2 aliphatic rings. The van der Waals surface area contributed by atoms with Crippen molar-refractivity contribution < 1.29 is 4.74 Å². The van der Waals surface area contributed by atoms with E-state index in [4.69, 9.17) is 4.74 Å². The number of rotatable bonds is 3. The van der Waals surface area contributed by atoms with E-state index in [1.54, 1.807) is 0 Å². The molecule has 3 rings (SSSR count). The highest BCUT2D eigenvalue weighted by molar-refractivity contribution is 7.99. The maximum atomic E-state index is 6.15. The molecular formula is C16H24N2OS. The number of aryl methyl sites for hydroxylation is 1. The smallest absolute Gasteiger partial charge is 0.0783 e. The SMILES string of the molecule is CNC(c1ncccc1C)C1CCOC2(CCSC2)C1. The quantitative estimate of drug-likeness (QED) is 0.929. The molecular weight excluding hydrogens is 268 g/mol. The molecule has 1 N–H and O–H groups in total. The van der Waals surface area contributed by atoms with E-state index in [0.29, 0.717) is 12.0 Å². The number of pyridine rings is 1. The maximum Gasteiger partial charge on any atom is 0.0783 e. The first-order valence-corrected chi connectivity index (χ1v) is 8.70. The molecule has 1 aromatic heterocycles. The highest BCUT2D eigenvalue weighted by Gasteiger charge is 2.42. The number of hydrogen-bond acceptors (Lipinski definition) is 4. The van der Waals surface area contributed by atoms with E-state index in [9.17, 15) is 0 Å². The largest absolute Gasteiger partial charge is 0.374 e. The third kappa shape index (κ3) is 2.74. The first-order valence-electron chi connectivity index (χ1n) is 7.55. The van der Waals surface area contributed by atoms with Crippen molar-refractivity contribution in [2.75, 3.05) is 25.2 Å². The molecule has 0 aromatic carbocycles. The Morgan fingerprint density at radius 2 is 2.45 bits per heavy atom. The second-order valence-corrected chi connectivity index (χ2v) is 7.16. The van der Waals surface area contributed by atoms with Gasteiger partial charge < -0.3 is 10.1 Å². The van der Waals surface area contributed by atoms with Crippen molar-refractivity contribution in [3.8, 4) is 0 Å². The number of nitrogens with zero attached hydrogens (tertiary/aromatic N) is 1. The van der Waals surface area contributed by atoms with Crippen molar-refractivity contribution in [2.45, 2.75) is 37.8 Å². The predicted molar refractivity (Wildman–Crippen MR) is 84.1 cm³/mol. The van der Waals surface area contributed by atoms with E-state index in [-0.39, 0.29) is 5.60 Å². The summed E-state index contributed by atoms with van der Waals surface area (Å²) < 4.78 is 6.15. The lowest BCUT2D eigenvalue weighted by atomic mass is 9.79. The Labute approximate surface area is 125 Å².